The minimum absolute atomic E-state index is 0.0859. The zero-order valence-corrected chi connectivity index (χ0v) is 11.5. The number of benzene rings is 1. The van der Waals surface area contributed by atoms with Gasteiger partial charge in [-0.3, -0.25) is 4.79 Å². The van der Waals surface area contributed by atoms with Crippen LogP contribution in [0.5, 0.6) is 0 Å². The lowest BCUT2D eigenvalue weighted by atomic mass is 10.3. The number of halogens is 1. The van der Waals surface area contributed by atoms with Crippen LogP contribution in [0, 0.1) is 0 Å². The molecule has 0 saturated carbocycles. The lowest BCUT2D eigenvalue weighted by molar-refractivity contribution is -0.120. The summed E-state index contributed by atoms with van der Waals surface area (Å²) in [7, 11) is 1.65. The Morgan fingerprint density at radius 1 is 1.56 bits per heavy atom. The number of thioether (sulfide) groups is 1. The predicted molar refractivity (Wildman–Crippen MR) is 72.6 cm³/mol. The molecule has 3 nitrogen and oxygen atoms in total. The van der Waals surface area contributed by atoms with E-state index in [1.165, 1.54) is 0 Å². The molecule has 0 unspecified atom stereocenters. The van der Waals surface area contributed by atoms with Gasteiger partial charge in [0.25, 0.3) is 0 Å². The van der Waals surface area contributed by atoms with Gasteiger partial charge >= 0.3 is 0 Å². The van der Waals surface area contributed by atoms with E-state index in [2.05, 4.69) is 21.2 Å². The van der Waals surface area contributed by atoms with E-state index in [0.717, 1.165) is 27.2 Å². The molecule has 5 heteroatoms. The second kappa shape index (κ2) is 6.81. The molecule has 0 saturated heterocycles. The number of anilines is 1. The molecule has 0 atom stereocenters. The molecule has 1 aromatic rings. The third kappa shape index (κ3) is 4.45. The molecular formula is C11H15BrN2OS. The van der Waals surface area contributed by atoms with Gasteiger partial charge in [-0.25, -0.2) is 0 Å². The average Bonchev–Trinajstić information content (AvgIpc) is 2.28. The highest BCUT2D eigenvalue weighted by Gasteiger charge is 2.02. The average molecular weight is 303 g/mol. The van der Waals surface area contributed by atoms with E-state index < -0.39 is 0 Å². The molecule has 16 heavy (non-hydrogen) atoms. The van der Waals surface area contributed by atoms with E-state index in [-0.39, 0.29) is 5.91 Å². The SMILES string of the molecule is CNC(=O)CCCSc1cc(Br)ccc1N. The van der Waals surface area contributed by atoms with E-state index in [9.17, 15) is 4.79 Å². The van der Waals surface area contributed by atoms with Crippen molar-refractivity contribution in [3.63, 3.8) is 0 Å². The van der Waals surface area contributed by atoms with E-state index in [0.29, 0.717) is 6.42 Å². The van der Waals surface area contributed by atoms with Crippen LogP contribution in [-0.2, 0) is 4.79 Å². The van der Waals surface area contributed by atoms with Gasteiger partial charge in [-0.15, -0.1) is 11.8 Å². The lowest BCUT2D eigenvalue weighted by Gasteiger charge is -2.05. The molecule has 0 aromatic heterocycles. The molecule has 3 N–H and O–H groups in total. The normalized spacial score (nSPS) is 10.1. The summed E-state index contributed by atoms with van der Waals surface area (Å²) in [6.45, 7) is 0. The Morgan fingerprint density at radius 3 is 3.00 bits per heavy atom. The Hall–Kier alpha value is -0.680. The zero-order valence-electron chi connectivity index (χ0n) is 9.13. The molecule has 1 aromatic carbocycles. The first-order chi connectivity index (χ1) is 7.63. The largest absolute Gasteiger partial charge is 0.398 e. The quantitative estimate of drug-likeness (QED) is 0.499. The zero-order chi connectivity index (χ0) is 12.0. The summed E-state index contributed by atoms with van der Waals surface area (Å²) in [4.78, 5) is 12.1. The number of nitrogen functional groups attached to an aromatic ring is 1. The maximum atomic E-state index is 11.0. The molecule has 1 rings (SSSR count). The Labute approximate surface area is 108 Å². The molecule has 0 bridgehead atoms. The lowest BCUT2D eigenvalue weighted by Crippen LogP contribution is -2.17. The second-order valence-electron chi connectivity index (χ2n) is 3.31. The Kier molecular flexibility index (Phi) is 5.69. The van der Waals surface area contributed by atoms with Crippen molar-refractivity contribution >= 4 is 39.3 Å². The Bertz CT molecular complexity index is 371. The smallest absolute Gasteiger partial charge is 0.219 e. The van der Waals surface area contributed by atoms with Gasteiger partial charge in [0, 0.05) is 28.5 Å². The molecule has 0 aliphatic rings. The number of rotatable bonds is 5. The molecule has 0 spiro atoms. The summed E-state index contributed by atoms with van der Waals surface area (Å²) in [6.07, 6.45) is 1.42. The van der Waals surface area contributed by atoms with E-state index in [1.54, 1.807) is 18.8 Å². The van der Waals surface area contributed by atoms with Crippen molar-refractivity contribution < 1.29 is 4.79 Å². The van der Waals surface area contributed by atoms with Gasteiger partial charge in [-0.1, -0.05) is 15.9 Å². The second-order valence-corrected chi connectivity index (χ2v) is 5.36. The molecule has 0 heterocycles. The Balaban J connectivity index is 2.37. The van der Waals surface area contributed by atoms with Crippen molar-refractivity contribution in [2.45, 2.75) is 17.7 Å². The number of hydrogen-bond donors (Lipinski definition) is 2. The maximum Gasteiger partial charge on any atom is 0.219 e. The highest BCUT2D eigenvalue weighted by Crippen LogP contribution is 2.28. The van der Waals surface area contributed by atoms with Crippen molar-refractivity contribution in [3.05, 3.63) is 22.7 Å². The standard InChI is InChI=1S/C11H15BrN2OS/c1-14-11(15)3-2-6-16-10-7-8(12)4-5-9(10)13/h4-5,7H,2-3,6,13H2,1H3,(H,14,15). The number of nitrogens with one attached hydrogen (secondary N) is 1. The summed E-state index contributed by atoms with van der Waals surface area (Å²) < 4.78 is 1.02. The number of nitrogens with two attached hydrogens (primary N) is 1. The molecule has 88 valence electrons. The topological polar surface area (TPSA) is 55.1 Å². The molecular weight excluding hydrogens is 288 g/mol. The van der Waals surface area contributed by atoms with Gasteiger partial charge in [0.15, 0.2) is 0 Å². The van der Waals surface area contributed by atoms with Crippen molar-refractivity contribution in [1.29, 1.82) is 0 Å². The van der Waals surface area contributed by atoms with Crippen molar-refractivity contribution in [1.82, 2.24) is 5.32 Å². The van der Waals surface area contributed by atoms with Gasteiger partial charge in [0.05, 0.1) is 0 Å². The molecule has 1 amide bonds. The van der Waals surface area contributed by atoms with Crippen LogP contribution >= 0.6 is 27.7 Å². The third-order valence-electron chi connectivity index (χ3n) is 2.06. The van der Waals surface area contributed by atoms with Crippen molar-refractivity contribution in [2.75, 3.05) is 18.5 Å². The maximum absolute atomic E-state index is 11.0. The Morgan fingerprint density at radius 2 is 2.31 bits per heavy atom. The van der Waals surface area contributed by atoms with Crippen molar-refractivity contribution in [3.8, 4) is 0 Å². The van der Waals surface area contributed by atoms with E-state index in [4.69, 9.17) is 5.73 Å². The molecule has 0 aliphatic heterocycles. The number of carbonyl (C=O) groups excluding carboxylic acids is 1. The third-order valence-corrected chi connectivity index (χ3v) is 3.71. The van der Waals surface area contributed by atoms with E-state index in [1.807, 2.05) is 18.2 Å². The number of amides is 1. The summed E-state index contributed by atoms with van der Waals surface area (Å²) in [5, 5.41) is 2.60. The first-order valence-electron chi connectivity index (χ1n) is 5.02. The van der Waals surface area contributed by atoms with Gasteiger partial charge < -0.3 is 11.1 Å². The molecule has 0 fully saturated rings. The summed E-state index contributed by atoms with van der Waals surface area (Å²) >= 11 is 5.09. The summed E-state index contributed by atoms with van der Waals surface area (Å²) in [5.74, 6) is 0.983. The first kappa shape index (κ1) is 13.4. The minimum Gasteiger partial charge on any atom is -0.398 e. The summed E-state index contributed by atoms with van der Waals surface area (Å²) in [6, 6.07) is 5.80. The van der Waals surface area contributed by atoms with Gasteiger partial charge in [-0.05, 0) is 30.4 Å². The van der Waals surface area contributed by atoms with Crippen LogP contribution in [0.2, 0.25) is 0 Å². The van der Waals surface area contributed by atoms with Gasteiger partial charge in [0.1, 0.15) is 0 Å². The van der Waals surface area contributed by atoms with Crippen molar-refractivity contribution in [2.24, 2.45) is 0 Å². The molecule has 0 radical (unpaired) electrons. The highest BCUT2D eigenvalue weighted by molar-refractivity contribution is 9.10. The monoisotopic (exact) mass is 302 g/mol. The minimum atomic E-state index is 0.0859. The van der Waals surface area contributed by atoms with Crippen LogP contribution in [0.15, 0.2) is 27.6 Å². The fourth-order valence-corrected chi connectivity index (χ4v) is 2.64. The number of hydrogen-bond acceptors (Lipinski definition) is 3. The van der Waals surface area contributed by atoms with Gasteiger partial charge in [0.2, 0.25) is 5.91 Å². The number of carbonyl (C=O) groups is 1. The van der Waals surface area contributed by atoms with Crippen LogP contribution in [0.1, 0.15) is 12.8 Å². The fraction of sp³-hybridized carbons (Fsp3) is 0.364. The van der Waals surface area contributed by atoms with E-state index >= 15 is 0 Å². The van der Waals surface area contributed by atoms with Crippen LogP contribution in [0.4, 0.5) is 5.69 Å². The summed E-state index contributed by atoms with van der Waals surface area (Å²) in [5.41, 5.74) is 6.62. The molecule has 0 aliphatic carbocycles. The predicted octanol–water partition coefficient (Wildman–Crippen LogP) is 2.65. The van der Waals surface area contributed by atoms with Crippen LogP contribution in [0.25, 0.3) is 0 Å². The van der Waals surface area contributed by atoms with Crippen LogP contribution in [-0.4, -0.2) is 18.7 Å². The van der Waals surface area contributed by atoms with Crippen LogP contribution < -0.4 is 11.1 Å². The first-order valence-corrected chi connectivity index (χ1v) is 6.79. The van der Waals surface area contributed by atoms with Gasteiger partial charge in [-0.2, -0.15) is 0 Å². The fourth-order valence-electron chi connectivity index (χ4n) is 1.17. The highest BCUT2D eigenvalue weighted by atomic mass is 79.9. The van der Waals surface area contributed by atoms with Crippen LogP contribution in [0.3, 0.4) is 0 Å².